The standard InChI is InChI=1S/C20H24N2O3/c1-2-15-7-6-10-17(13-15)22-20(25)12-11-19(24)21-14-18(23)16-8-4-3-5-9-16/h3-10,13,18,23H,2,11-12,14H2,1H3,(H,21,24)(H,22,25)/t18-/m1/s1. The number of carbonyl (C=O) groups excluding carboxylic acids is 2. The fourth-order valence-electron chi connectivity index (χ4n) is 2.41. The van der Waals surface area contributed by atoms with E-state index in [1.165, 1.54) is 0 Å². The van der Waals surface area contributed by atoms with E-state index in [9.17, 15) is 14.7 Å². The molecule has 0 fully saturated rings. The fraction of sp³-hybridized carbons (Fsp3) is 0.300. The molecule has 2 amide bonds. The number of aryl methyl sites for hydroxylation is 1. The summed E-state index contributed by atoms with van der Waals surface area (Å²) in [4.78, 5) is 23.8. The molecule has 0 saturated carbocycles. The number of carbonyl (C=O) groups is 2. The van der Waals surface area contributed by atoms with Crippen LogP contribution in [0, 0.1) is 0 Å². The van der Waals surface area contributed by atoms with Crippen LogP contribution in [-0.4, -0.2) is 23.5 Å². The van der Waals surface area contributed by atoms with E-state index in [-0.39, 0.29) is 31.2 Å². The van der Waals surface area contributed by atoms with Crippen LogP contribution in [0.25, 0.3) is 0 Å². The lowest BCUT2D eigenvalue weighted by atomic mass is 10.1. The zero-order valence-electron chi connectivity index (χ0n) is 14.4. The zero-order valence-corrected chi connectivity index (χ0v) is 14.4. The van der Waals surface area contributed by atoms with Crippen LogP contribution in [0.2, 0.25) is 0 Å². The highest BCUT2D eigenvalue weighted by atomic mass is 16.3. The summed E-state index contributed by atoms with van der Waals surface area (Å²) in [5.74, 6) is -0.459. The Labute approximate surface area is 148 Å². The summed E-state index contributed by atoms with van der Waals surface area (Å²) in [5, 5.41) is 15.4. The largest absolute Gasteiger partial charge is 0.387 e. The minimum atomic E-state index is -0.754. The molecule has 3 N–H and O–H groups in total. The second kappa shape index (κ2) is 9.59. The lowest BCUT2D eigenvalue weighted by Gasteiger charge is -2.12. The van der Waals surface area contributed by atoms with E-state index in [1.54, 1.807) is 12.1 Å². The monoisotopic (exact) mass is 340 g/mol. The average molecular weight is 340 g/mol. The van der Waals surface area contributed by atoms with Crippen molar-refractivity contribution >= 4 is 17.5 Å². The van der Waals surface area contributed by atoms with E-state index in [0.717, 1.165) is 23.2 Å². The fourth-order valence-corrected chi connectivity index (χ4v) is 2.41. The highest BCUT2D eigenvalue weighted by Crippen LogP contribution is 2.12. The number of rotatable bonds is 8. The van der Waals surface area contributed by atoms with Gasteiger partial charge in [-0.2, -0.15) is 0 Å². The number of anilines is 1. The van der Waals surface area contributed by atoms with Crippen LogP contribution in [-0.2, 0) is 16.0 Å². The van der Waals surface area contributed by atoms with Gasteiger partial charge in [0.25, 0.3) is 0 Å². The molecule has 1 atom stereocenters. The quantitative estimate of drug-likeness (QED) is 0.691. The number of amides is 2. The number of aliphatic hydroxyl groups is 1. The molecule has 25 heavy (non-hydrogen) atoms. The summed E-state index contributed by atoms with van der Waals surface area (Å²) in [7, 11) is 0. The molecular formula is C20H24N2O3. The number of nitrogens with one attached hydrogen (secondary N) is 2. The van der Waals surface area contributed by atoms with Crippen molar-refractivity contribution in [2.24, 2.45) is 0 Å². The van der Waals surface area contributed by atoms with Gasteiger partial charge in [0.2, 0.25) is 11.8 Å². The molecule has 0 bridgehead atoms. The third-order valence-electron chi connectivity index (χ3n) is 3.88. The Balaban J connectivity index is 1.71. The zero-order chi connectivity index (χ0) is 18.1. The topological polar surface area (TPSA) is 78.4 Å². The van der Waals surface area contributed by atoms with Crippen LogP contribution < -0.4 is 10.6 Å². The Morgan fingerprint density at radius 3 is 2.44 bits per heavy atom. The highest BCUT2D eigenvalue weighted by molar-refractivity contribution is 5.93. The maximum Gasteiger partial charge on any atom is 0.224 e. The molecule has 2 aromatic carbocycles. The number of hydrogen-bond acceptors (Lipinski definition) is 3. The summed E-state index contributed by atoms with van der Waals surface area (Å²) in [6.45, 7) is 2.18. The lowest BCUT2D eigenvalue weighted by molar-refractivity contribution is -0.124. The average Bonchev–Trinajstić information content (AvgIpc) is 2.65. The second-order valence-electron chi connectivity index (χ2n) is 5.83. The van der Waals surface area contributed by atoms with Crippen LogP contribution in [0.15, 0.2) is 54.6 Å². The number of hydrogen-bond donors (Lipinski definition) is 3. The van der Waals surface area contributed by atoms with Gasteiger partial charge in [-0.05, 0) is 29.7 Å². The predicted molar refractivity (Wildman–Crippen MR) is 98.1 cm³/mol. The lowest BCUT2D eigenvalue weighted by Crippen LogP contribution is -2.29. The maximum absolute atomic E-state index is 11.9. The van der Waals surface area contributed by atoms with Crippen molar-refractivity contribution in [1.82, 2.24) is 5.32 Å². The van der Waals surface area contributed by atoms with Crippen LogP contribution in [0.4, 0.5) is 5.69 Å². The first kappa shape index (κ1) is 18.7. The number of benzene rings is 2. The SMILES string of the molecule is CCc1cccc(NC(=O)CCC(=O)NC[C@@H](O)c2ccccc2)c1. The predicted octanol–water partition coefficient (Wildman–Crippen LogP) is 2.82. The summed E-state index contributed by atoms with van der Waals surface area (Å²) in [6, 6.07) is 16.8. The van der Waals surface area contributed by atoms with Crippen molar-refractivity contribution in [3.8, 4) is 0 Å². The van der Waals surface area contributed by atoms with E-state index >= 15 is 0 Å². The highest BCUT2D eigenvalue weighted by Gasteiger charge is 2.11. The van der Waals surface area contributed by atoms with Crippen LogP contribution in [0.5, 0.6) is 0 Å². The summed E-state index contributed by atoms with van der Waals surface area (Å²) >= 11 is 0. The molecule has 0 aliphatic carbocycles. The van der Waals surface area contributed by atoms with Gasteiger partial charge in [-0.3, -0.25) is 9.59 Å². The van der Waals surface area contributed by atoms with Crippen LogP contribution in [0.1, 0.15) is 37.0 Å². The van der Waals surface area contributed by atoms with E-state index in [4.69, 9.17) is 0 Å². The normalized spacial score (nSPS) is 11.6. The van der Waals surface area contributed by atoms with Gasteiger partial charge in [-0.25, -0.2) is 0 Å². The Bertz CT molecular complexity index is 701. The van der Waals surface area contributed by atoms with Gasteiger partial charge in [0.05, 0.1) is 6.10 Å². The Hall–Kier alpha value is -2.66. The molecule has 0 aliphatic rings. The van der Waals surface area contributed by atoms with E-state index in [1.807, 2.05) is 42.5 Å². The first-order valence-electron chi connectivity index (χ1n) is 8.47. The van der Waals surface area contributed by atoms with Gasteiger partial charge in [0, 0.05) is 25.1 Å². The summed E-state index contributed by atoms with van der Waals surface area (Å²) < 4.78 is 0. The van der Waals surface area contributed by atoms with Gasteiger partial charge < -0.3 is 15.7 Å². The third kappa shape index (κ3) is 6.39. The molecule has 0 saturated heterocycles. The smallest absolute Gasteiger partial charge is 0.224 e. The molecule has 0 radical (unpaired) electrons. The third-order valence-corrected chi connectivity index (χ3v) is 3.88. The molecule has 5 heteroatoms. The molecule has 2 rings (SSSR count). The van der Waals surface area contributed by atoms with Gasteiger partial charge in [0.15, 0.2) is 0 Å². The first-order valence-corrected chi connectivity index (χ1v) is 8.47. The molecule has 0 heterocycles. The van der Waals surface area contributed by atoms with Crippen molar-refractivity contribution in [3.63, 3.8) is 0 Å². The van der Waals surface area contributed by atoms with Gasteiger partial charge in [-0.1, -0.05) is 49.4 Å². The minimum Gasteiger partial charge on any atom is -0.387 e. The van der Waals surface area contributed by atoms with Crippen molar-refractivity contribution < 1.29 is 14.7 Å². The van der Waals surface area contributed by atoms with Crippen molar-refractivity contribution in [2.75, 3.05) is 11.9 Å². The van der Waals surface area contributed by atoms with Crippen LogP contribution >= 0.6 is 0 Å². The second-order valence-corrected chi connectivity index (χ2v) is 5.83. The van der Waals surface area contributed by atoms with Crippen LogP contribution in [0.3, 0.4) is 0 Å². The molecule has 0 unspecified atom stereocenters. The molecular weight excluding hydrogens is 316 g/mol. The number of aliphatic hydroxyl groups excluding tert-OH is 1. The maximum atomic E-state index is 11.9. The molecule has 2 aromatic rings. The summed E-state index contributed by atoms with van der Waals surface area (Å²) in [6.07, 6.45) is 0.330. The Morgan fingerprint density at radius 1 is 1.00 bits per heavy atom. The minimum absolute atomic E-state index is 0.0841. The Morgan fingerprint density at radius 2 is 1.72 bits per heavy atom. The summed E-state index contributed by atoms with van der Waals surface area (Å²) in [5.41, 5.74) is 2.63. The molecule has 0 spiro atoms. The van der Waals surface area contributed by atoms with E-state index < -0.39 is 6.10 Å². The first-order chi connectivity index (χ1) is 12.1. The van der Waals surface area contributed by atoms with Gasteiger partial charge in [0.1, 0.15) is 0 Å². The molecule has 132 valence electrons. The van der Waals surface area contributed by atoms with Gasteiger partial charge >= 0.3 is 0 Å². The molecule has 5 nitrogen and oxygen atoms in total. The van der Waals surface area contributed by atoms with E-state index in [0.29, 0.717) is 0 Å². The molecule has 0 aliphatic heterocycles. The Kier molecular flexibility index (Phi) is 7.16. The van der Waals surface area contributed by atoms with Gasteiger partial charge in [-0.15, -0.1) is 0 Å². The van der Waals surface area contributed by atoms with Crippen molar-refractivity contribution in [1.29, 1.82) is 0 Å². The molecule has 0 aromatic heterocycles. The van der Waals surface area contributed by atoms with Crippen molar-refractivity contribution in [2.45, 2.75) is 32.3 Å². The van der Waals surface area contributed by atoms with Crippen molar-refractivity contribution in [3.05, 3.63) is 65.7 Å². The van der Waals surface area contributed by atoms with E-state index in [2.05, 4.69) is 17.6 Å².